The Bertz CT molecular complexity index is 1400. The molecule has 174 valence electrons. The monoisotopic (exact) mass is 480 g/mol. The number of hydrogen-bond acceptors (Lipinski definition) is 2. The van der Waals surface area contributed by atoms with E-state index in [1.807, 2.05) is 65.6 Å². The number of amides is 2. The van der Waals surface area contributed by atoms with E-state index in [4.69, 9.17) is 11.6 Å². The van der Waals surface area contributed by atoms with Crippen LogP contribution in [0.5, 0.6) is 0 Å². The normalized spacial score (nSPS) is 12.3. The molecule has 5 heteroatoms. The Labute approximate surface area is 210 Å². The summed E-state index contributed by atoms with van der Waals surface area (Å²) in [6.07, 6.45) is 1.01. The zero-order chi connectivity index (χ0) is 24.4. The number of hydrogen-bond donors (Lipinski definition) is 0. The molecule has 5 rings (SSSR count). The second-order valence-electron chi connectivity index (χ2n) is 8.73. The number of fused-ring (bicyclic) bond motifs is 2. The molecule has 0 fully saturated rings. The third-order valence-electron chi connectivity index (χ3n) is 6.53. The van der Waals surface area contributed by atoms with Crippen molar-refractivity contribution in [1.82, 2.24) is 0 Å². The Morgan fingerprint density at radius 1 is 0.800 bits per heavy atom. The number of para-hydroxylation sites is 1. The summed E-state index contributed by atoms with van der Waals surface area (Å²) in [5.74, 6) is -0.138. The quantitative estimate of drug-likeness (QED) is 0.344. The van der Waals surface area contributed by atoms with E-state index in [2.05, 4.69) is 18.2 Å². The van der Waals surface area contributed by atoms with Crippen molar-refractivity contribution in [2.45, 2.75) is 19.4 Å². The molecular formula is C30H25ClN2O2. The van der Waals surface area contributed by atoms with Crippen LogP contribution >= 0.6 is 11.6 Å². The molecule has 2 amide bonds. The van der Waals surface area contributed by atoms with Crippen molar-refractivity contribution in [3.8, 4) is 0 Å². The lowest BCUT2D eigenvalue weighted by Crippen LogP contribution is -2.31. The number of benzene rings is 4. The lowest BCUT2D eigenvalue weighted by molar-refractivity contribution is -0.117. The lowest BCUT2D eigenvalue weighted by atomic mass is 10.0. The molecule has 0 unspecified atom stereocenters. The predicted molar refractivity (Wildman–Crippen MR) is 141 cm³/mol. The number of anilines is 2. The standard InChI is InChI=1S/C30H25ClN2O2/c1-32(29(34)19-23-9-4-6-12-27(23)31)26-16-14-21(15-17-26)30(35)33-20-25-11-3-2-8-22(25)18-24-10-5-7-13-28(24)33/h2-17H,18-20H2,1H3. The zero-order valence-electron chi connectivity index (χ0n) is 19.4. The van der Waals surface area contributed by atoms with Gasteiger partial charge in [0.25, 0.3) is 5.91 Å². The predicted octanol–water partition coefficient (Wildman–Crippen LogP) is 6.30. The average Bonchev–Trinajstić information content (AvgIpc) is 3.06. The summed E-state index contributed by atoms with van der Waals surface area (Å²) in [5.41, 5.74) is 6.55. The molecule has 0 aromatic heterocycles. The highest BCUT2D eigenvalue weighted by atomic mass is 35.5. The van der Waals surface area contributed by atoms with E-state index in [1.54, 1.807) is 30.1 Å². The Hall–Kier alpha value is -3.89. The van der Waals surface area contributed by atoms with Gasteiger partial charge in [0.1, 0.15) is 0 Å². The van der Waals surface area contributed by atoms with E-state index in [0.29, 0.717) is 17.1 Å². The van der Waals surface area contributed by atoms with E-state index < -0.39 is 0 Å². The molecule has 0 N–H and O–H groups in total. The first-order chi connectivity index (χ1) is 17.0. The fourth-order valence-corrected chi connectivity index (χ4v) is 4.70. The van der Waals surface area contributed by atoms with Gasteiger partial charge in [-0.25, -0.2) is 0 Å². The molecular weight excluding hydrogens is 456 g/mol. The average molecular weight is 481 g/mol. The molecule has 0 aliphatic carbocycles. The smallest absolute Gasteiger partial charge is 0.258 e. The molecule has 0 radical (unpaired) electrons. The van der Waals surface area contributed by atoms with E-state index in [-0.39, 0.29) is 18.2 Å². The van der Waals surface area contributed by atoms with Gasteiger partial charge < -0.3 is 9.80 Å². The van der Waals surface area contributed by atoms with Gasteiger partial charge in [0.05, 0.1) is 13.0 Å². The second-order valence-corrected chi connectivity index (χ2v) is 9.14. The number of halogens is 1. The van der Waals surface area contributed by atoms with Crippen LogP contribution in [0.3, 0.4) is 0 Å². The second kappa shape index (κ2) is 9.77. The Morgan fingerprint density at radius 3 is 2.17 bits per heavy atom. The number of carbonyl (C=O) groups excluding carboxylic acids is 2. The van der Waals surface area contributed by atoms with Gasteiger partial charge >= 0.3 is 0 Å². The molecule has 4 aromatic carbocycles. The first kappa shape index (κ1) is 22.9. The van der Waals surface area contributed by atoms with Crippen molar-refractivity contribution >= 4 is 34.8 Å². The third-order valence-corrected chi connectivity index (χ3v) is 6.90. The van der Waals surface area contributed by atoms with Crippen LogP contribution < -0.4 is 9.80 Å². The van der Waals surface area contributed by atoms with Crippen molar-refractivity contribution in [1.29, 1.82) is 0 Å². The Morgan fingerprint density at radius 2 is 1.43 bits per heavy atom. The Kier molecular flexibility index (Phi) is 6.39. The van der Waals surface area contributed by atoms with Crippen LogP contribution in [0.4, 0.5) is 11.4 Å². The van der Waals surface area contributed by atoms with Crippen LogP contribution in [-0.4, -0.2) is 18.9 Å². The summed E-state index contributed by atoms with van der Waals surface area (Å²) in [5, 5.41) is 0.578. The van der Waals surface area contributed by atoms with E-state index in [0.717, 1.165) is 34.5 Å². The van der Waals surface area contributed by atoms with Crippen LogP contribution in [0.1, 0.15) is 32.6 Å². The van der Waals surface area contributed by atoms with Crippen molar-refractivity contribution in [2.24, 2.45) is 0 Å². The van der Waals surface area contributed by atoms with E-state index in [9.17, 15) is 9.59 Å². The van der Waals surface area contributed by atoms with Gasteiger partial charge in [-0.2, -0.15) is 0 Å². The number of rotatable bonds is 4. The highest BCUT2D eigenvalue weighted by Gasteiger charge is 2.25. The number of nitrogens with zero attached hydrogens (tertiary/aromatic N) is 2. The molecule has 0 bridgehead atoms. The topological polar surface area (TPSA) is 40.6 Å². The fourth-order valence-electron chi connectivity index (χ4n) is 4.50. The Balaban J connectivity index is 1.38. The van der Waals surface area contributed by atoms with Crippen LogP contribution in [0.25, 0.3) is 0 Å². The van der Waals surface area contributed by atoms with Gasteiger partial charge in [-0.1, -0.05) is 72.3 Å². The van der Waals surface area contributed by atoms with E-state index >= 15 is 0 Å². The van der Waals surface area contributed by atoms with Gasteiger partial charge in [-0.3, -0.25) is 9.59 Å². The van der Waals surface area contributed by atoms with Gasteiger partial charge in [0, 0.05) is 29.0 Å². The SMILES string of the molecule is CN(C(=O)Cc1ccccc1Cl)c1ccc(C(=O)N2Cc3ccccc3Cc3ccccc32)cc1. The van der Waals surface area contributed by atoms with Crippen molar-refractivity contribution in [2.75, 3.05) is 16.8 Å². The molecule has 35 heavy (non-hydrogen) atoms. The molecule has 0 saturated carbocycles. The summed E-state index contributed by atoms with van der Waals surface area (Å²) in [4.78, 5) is 29.9. The number of likely N-dealkylation sites (N-methyl/N-ethyl adjacent to an activating group) is 1. The molecule has 1 aliphatic rings. The molecule has 0 saturated heterocycles. The van der Waals surface area contributed by atoms with Gasteiger partial charge in [0.2, 0.25) is 5.91 Å². The van der Waals surface area contributed by atoms with Crippen LogP contribution in [0, 0.1) is 0 Å². The summed E-state index contributed by atoms with van der Waals surface area (Å²) in [6.45, 7) is 0.518. The molecule has 0 spiro atoms. The molecule has 1 aliphatic heterocycles. The lowest BCUT2D eigenvalue weighted by Gasteiger charge is -2.24. The highest BCUT2D eigenvalue weighted by molar-refractivity contribution is 6.31. The van der Waals surface area contributed by atoms with Crippen LogP contribution in [0.2, 0.25) is 5.02 Å². The van der Waals surface area contributed by atoms with Gasteiger partial charge in [-0.15, -0.1) is 0 Å². The summed E-state index contributed by atoms with van der Waals surface area (Å²) in [7, 11) is 1.73. The summed E-state index contributed by atoms with van der Waals surface area (Å²) >= 11 is 6.21. The fraction of sp³-hybridized carbons (Fsp3) is 0.133. The molecule has 0 atom stereocenters. The van der Waals surface area contributed by atoms with Gasteiger partial charge in [0.15, 0.2) is 0 Å². The maximum Gasteiger partial charge on any atom is 0.258 e. The minimum atomic E-state index is -0.0739. The van der Waals surface area contributed by atoms with Crippen molar-refractivity contribution in [3.05, 3.63) is 130 Å². The summed E-state index contributed by atoms with van der Waals surface area (Å²) in [6, 6.07) is 30.9. The van der Waals surface area contributed by atoms with Crippen LogP contribution in [-0.2, 0) is 24.2 Å². The summed E-state index contributed by atoms with van der Waals surface area (Å²) < 4.78 is 0. The minimum Gasteiger partial charge on any atom is -0.315 e. The zero-order valence-corrected chi connectivity index (χ0v) is 20.2. The number of carbonyl (C=O) groups is 2. The molecule has 4 nitrogen and oxygen atoms in total. The maximum absolute atomic E-state index is 13.6. The van der Waals surface area contributed by atoms with Gasteiger partial charge in [-0.05, 0) is 65.1 Å². The minimum absolute atomic E-state index is 0.0641. The van der Waals surface area contributed by atoms with Crippen molar-refractivity contribution < 1.29 is 9.59 Å². The first-order valence-corrected chi connectivity index (χ1v) is 12.0. The molecule has 1 heterocycles. The maximum atomic E-state index is 13.6. The largest absolute Gasteiger partial charge is 0.315 e. The van der Waals surface area contributed by atoms with Crippen molar-refractivity contribution in [3.63, 3.8) is 0 Å². The highest BCUT2D eigenvalue weighted by Crippen LogP contribution is 2.32. The first-order valence-electron chi connectivity index (χ1n) is 11.6. The molecule has 4 aromatic rings. The van der Waals surface area contributed by atoms with Crippen LogP contribution in [0.15, 0.2) is 97.1 Å². The van der Waals surface area contributed by atoms with E-state index in [1.165, 1.54) is 5.56 Å². The third kappa shape index (κ3) is 4.71.